The first-order chi connectivity index (χ1) is 18.9. The van der Waals surface area contributed by atoms with Crippen molar-refractivity contribution >= 4 is 32.9 Å². The summed E-state index contributed by atoms with van der Waals surface area (Å²) in [5, 5.41) is 8.09. The molecule has 1 aliphatic carbocycles. The zero-order valence-electron chi connectivity index (χ0n) is 24.0. The normalized spacial score (nSPS) is 21.4. The highest BCUT2D eigenvalue weighted by Crippen LogP contribution is 2.29. The third kappa shape index (κ3) is 8.72. The van der Waals surface area contributed by atoms with Crippen LogP contribution in [0.2, 0.25) is 0 Å². The van der Waals surface area contributed by atoms with Gasteiger partial charge in [0.25, 0.3) is 10.2 Å². The maximum atomic E-state index is 12.7. The van der Waals surface area contributed by atoms with Gasteiger partial charge in [0.05, 0.1) is 5.52 Å². The van der Waals surface area contributed by atoms with Gasteiger partial charge in [-0.2, -0.15) is 17.7 Å². The van der Waals surface area contributed by atoms with Gasteiger partial charge in [0.1, 0.15) is 5.82 Å². The van der Waals surface area contributed by atoms with Crippen molar-refractivity contribution in [3.63, 3.8) is 0 Å². The third-order valence-electron chi connectivity index (χ3n) is 8.31. The molecule has 1 saturated carbocycles. The van der Waals surface area contributed by atoms with E-state index in [9.17, 15) is 8.42 Å². The highest BCUT2D eigenvalue weighted by Gasteiger charge is 2.28. The Kier molecular flexibility index (Phi) is 11.2. The fourth-order valence-electron chi connectivity index (χ4n) is 5.56. The van der Waals surface area contributed by atoms with Crippen LogP contribution in [0.25, 0.3) is 10.9 Å². The van der Waals surface area contributed by atoms with Crippen LogP contribution in [0.5, 0.6) is 0 Å². The molecule has 0 amide bonds. The van der Waals surface area contributed by atoms with E-state index in [4.69, 9.17) is 9.97 Å². The summed E-state index contributed by atoms with van der Waals surface area (Å²) in [4.78, 5) is 14.2. The fraction of sp³-hybridized carbons (Fsp3) is 0.714. The fourth-order valence-corrected chi connectivity index (χ4v) is 6.83. The lowest BCUT2D eigenvalue weighted by molar-refractivity contribution is 0.219. The molecule has 2 aliphatic rings. The van der Waals surface area contributed by atoms with Gasteiger partial charge in [-0.25, -0.2) is 9.71 Å². The van der Waals surface area contributed by atoms with Crippen molar-refractivity contribution in [2.24, 2.45) is 11.8 Å². The molecule has 0 atom stereocenters. The van der Waals surface area contributed by atoms with Gasteiger partial charge in [0, 0.05) is 51.2 Å². The number of hydrogen-bond donors (Lipinski definition) is 3. The van der Waals surface area contributed by atoms with Gasteiger partial charge in [-0.1, -0.05) is 26.0 Å². The number of fused-ring (bicyclic) bond motifs is 1. The number of nitrogens with one attached hydrogen (secondary N) is 3. The second-order valence-electron chi connectivity index (χ2n) is 11.0. The maximum Gasteiger partial charge on any atom is 0.279 e. The summed E-state index contributed by atoms with van der Waals surface area (Å²) in [6.07, 6.45) is 5.30. The van der Waals surface area contributed by atoms with E-state index in [0.29, 0.717) is 37.4 Å². The molecule has 3 N–H and O–H groups in total. The standard InChI is InChI=1S/C28H48N8O2S/c1-4-35(5-2)16-8-15-29-27-25-9-6-7-10-26(25)32-28(33-27)30-21-23-11-13-24(14-12-23)22-31-39(37,38)36-19-17-34(3)18-20-36/h6-7,9-10,23-24,31H,4-5,8,11-22H2,1-3H3,(H2,29,30,32,33). The topological polar surface area (TPSA) is 106 Å². The molecule has 2 heterocycles. The molecular weight excluding hydrogens is 512 g/mol. The van der Waals surface area contributed by atoms with Gasteiger partial charge in [-0.05, 0) is 82.8 Å². The lowest BCUT2D eigenvalue weighted by atomic mass is 9.82. The van der Waals surface area contributed by atoms with Crippen molar-refractivity contribution in [2.75, 3.05) is 83.1 Å². The summed E-state index contributed by atoms with van der Waals surface area (Å²) in [6.45, 7) is 12.6. The highest BCUT2D eigenvalue weighted by molar-refractivity contribution is 7.87. The molecule has 0 radical (unpaired) electrons. The summed E-state index contributed by atoms with van der Waals surface area (Å²) >= 11 is 0. The number of aromatic nitrogens is 2. The first-order valence-electron chi connectivity index (χ1n) is 14.8. The Morgan fingerprint density at radius 2 is 1.59 bits per heavy atom. The van der Waals surface area contributed by atoms with E-state index in [1.807, 2.05) is 25.2 Å². The van der Waals surface area contributed by atoms with E-state index < -0.39 is 10.2 Å². The lowest BCUT2D eigenvalue weighted by Gasteiger charge is -2.33. The van der Waals surface area contributed by atoms with Crippen molar-refractivity contribution in [1.82, 2.24) is 28.8 Å². The van der Waals surface area contributed by atoms with Crippen LogP contribution in [-0.4, -0.2) is 105 Å². The average molecular weight is 561 g/mol. The van der Waals surface area contributed by atoms with Gasteiger partial charge in [0.15, 0.2) is 0 Å². The van der Waals surface area contributed by atoms with E-state index in [2.05, 4.69) is 45.1 Å². The first-order valence-corrected chi connectivity index (χ1v) is 16.2. The average Bonchev–Trinajstić information content (AvgIpc) is 2.96. The number of para-hydroxylation sites is 1. The van der Waals surface area contributed by atoms with Crippen molar-refractivity contribution < 1.29 is 8.42 Å². The van der Waals surface area contributed by atoms with E-state index in [1.54, 1.807) is 4.31 Å². The molecule has 0 unspecified atom stereocenters. The van der Waals surface area contributed by atoms with Gasteiger partial charge < -0.3 is 20.4 Å². The molecule has 1 aromatic heterocycles. The number of piperazine rings is 1. The van der Waals surface area contributed by atoms with Gasteiger partial charge in [-0.15, -0.1) is 0 Å². The summed E-state index contributed by atoms with van der Waals surface area (Å²) in [5.74, 6) is 2.49. The van der Waals surface area contributed by atoms with E-state index in [1.165, 1.54) is 0 Å². The van der Waals surface area contributed by atoms with Gasteiger partial charge in [0.2, 0.25) is 5.95 Å². The number of anilines is 2. The van der Waals surface area contributed by atoms with Crippen molar-refractivity contribution in [2.45, 2.75) is 46.0 Å². The highest BCUT2D eigenvalue weighted by atomic mass is 32.2. The number of hydrogen-bond acceptors (Lipinski definition) is 8. The van der Waals surface area contributed by atoms with Gasteiger partial charge in [-0.3, -0.25) is 0 Å². The molecule has 1 aliphatic heterocycles. The van der Waals surface area contributed by atoms with Crippen molar-refractivity contribution in [3.05, 3.63) is 24.3 Å². The summed E-state index contributed by atoms with van der Waals surface area (Å²) in [7, 11) is -1.35. The number of benzene rings is 1. The quantitative estimate of drug-likeness (QED) is 0.303. The second kappa shape index (κ2) is 14.5. The maximum absolute atomic E-state index is 12.7. The van der Waals surface area contributed by atoms with Crippen LogP contribution in [0.3, 0.4) is 0 Å². The lowest BCUT2D eigenvalue weighted by Crippen LogP contribution is -2.51. The van der Waals surface area contributed by atoms with Crippen LogP contribution >= 0.6 is 0 Å². The molecule has 1 aromatic carbocycles. The van der Waals surface area contributed by atoms with Crippen LogP contribution in [0.1, 0.15) is 46.0 Å². The number of likely N-dealkylation sites (N-methyl/N-ethyl adjacent to an activating group) is 1. The van der Waals surface area contributed by atoms with Crippen LogP contribution in [0, 0.1) is 11.8 Å². The number of rotatable bonds is 14. The smallest absolute Gasteiger partial charge is 0.279 e. The number of nitrogens with zero attached hydrogens (tertiary/aromatic N) is 5. The zero-order valence-corrected chi connectivity index (χ0v) is 24.8. The minimum atomic E-state index is -3.38. The van der Waals surface area contributed by atoms with Crippen LogP contribution in [0.15, 0.2) is 24.3 Å². The predicted molar refractivity (Wildman–Crippen MR) is 160 cm³/mol. The van der Waals surface area contributed by atoms with Crippen molar-refractivity contribution in [1.29, 1.82) is 0 Å². The van der Waals surface area contributed by atoms with E-state index >= 15 is 0 Å². The van der Waals surface area contributed by atoms with Crippen molar-refractivity contribution in [3.8, 4) is 0 Å². The summed E-state index contributed by atoms with van der Waals surface area (Å²) < 4.78 is 29.8. The summed E-state index contributed by atoms with van der Waals surface area (Å²) in [6, 6.07) is 8.16. The molecule has 10 nitrogen and oxygen atoms in total. The van der Waals surface area contributed by atoms with E-state index in [0.717, 1.165) is 94.6 Å². The second-order valence-corrected chi connectivity index (χ2v) is 12.8. The van der Waals surface area contributed by atoms with Crippen LogP contribution in [0.4, 0.5) is 11.8 Å². The molecule has 218 valence electrons. The monoisotopic (exact) mass is 560 g/mol. The predicted octanol–water partition coefficient (Wildman–Crippen LogP) is 3.07. The minimum absolute atomic E-state index is 0.396. The Balaban J connectivity index is 1.23. The molecule has 0 spiro atoms. The molecule has 0 bridgehead atoms. The van der Waals surface area contributed by atoms with Crippen LogP contribution < -0.4 is 15.4 Å². The molecular formula is C28H48N8O2S. The Morgan fingerprint density at radius 1 is 0.923 bits per heavy atom. The molecule has 2 aromatic rings. The SMILES string of the molecule is CCN(CC)CCCNc1nc(NCC2CCC(CNS(=O)(=O)N3CCN(C)CC3)CC2)nc2ccccc12. The van der Waals surface area contributed by atoms with E-state index in [-0.39, 0.29) is 0 Å². The van der Waals surface area contributed by atoms with Crippen LogP contribution in [-0.2, 0) is 10.2 Å². The molecule has 4 rings (SSSR count). The largest absolute Gasteiger partial charge is 0.369 e. The molecule has 2 fully saturated rings. The third-order valence-corrected chi connectivity index (χ3v) is 9.89. The zero-order chi connectivity index (χ0) is 27.7. The Labute approximate surface area is 235 Å². The molecule has 1 saturated heterocycles. The molecule has 11 heteroatoms. The Morgan fingerprint density at radius 3 is 2.28 bits per heavy atom. The Hall–Kier alpha value is -2.05. The Bertz CT molecular complexity index is 1130. The van der Waals surface area contributed by atoms with Gasteiger partial charge >= 0.3 is 0 Å². The summed E-state index contributed by atoms with van der Waals surface area (Å²) in [5.41, 5.74) is 0.942. The molecule has 39 heavy (non-hydrogen) atoms. The minimum Gasteiger partial charge on any atom is -0.369 e. The first kappa shape index (κ1) is 29.9.